The fourth-order valence-corrected chi connectivity index (χ4v) is 5.09. The van der Waals surface area contributed by atoms with Gasteiger partial charge in [0.25, 0.3) is 5.76 Å². The largest absolute Gasteiger partial charge is 0.453 e. The summed E-state index contributed by atoms with van der Waals surface area (Å²) >= 11 is 6.05. The molecule has 0 spiro atoms. The van der Waals surface area contributed by atoms with Crippen molar-refractivity contribution in [1.82, 2.24) is 4.90 Å². The van der Waals surface area contributed by atoms with Crippen LogP contribution in [0.3, 0.4) is 0 Å². The Morgan fingerprint density at radius 1 is 0.976 bits per heavy atom. The molecule has 0 unspecified atom stereocenters. The van der Waals surface area contributed by atoms with Gasteiger partial charge in [-0.3, -0.25) is 9.69 Å². The molecule has 0 N–H and O–H groups in total. The van der Waals surface area contributed by atoms with Gasteiger partial charge < -0.3 is 13.9 Å². The van der Waals surface area contributed by atoms with E-state index in [2.05, 4.69) is 4.90 Å². The molecule has 6 nitrogen and oxygen atoms in total. The van der Waals surface area contributed by atoms with Gasteiger partial charge in [-0.2, -0.15) is 13.2 Å². The van der Waals surface area contributed by atoms with E-state index in [-0.39, 0.29) is 40.1 Å². The molecule has 4 aromatic rings. The van der Waals surface area contributed by atoms with Gasteiger partial charge in [0.15, 0.2) is 0 Å². The van der Waals surface area contributed by atoms with E-state index in [1.807, 2.05) is 6.92 Å². The molecule has 0 saturated carbocycles. The van der Waals surface area contributed by atoms with Crippen molar-refractivity contribution in [2.24, 2.45) is 0 Å². The van der Waals surface area contributed by atoms with Gasteiger partial charge in [0, 0.05) is 11.6 Å². The minimum Gasteiger partial charge on any atom is -0.449 e. The summed E-state index contributed by atoms with van der Waals surface area (Å²) in [6.07, 6.45) is -1.14. The molecule has 1 fully saturated rings. The first kappa shape index (κ1) is 29.7. The van der Waals surface area contributed by atoms with Crippen molar-refractivity contribution in [3.05, 3.63) is 97.9 Å². The van der Waals surface area contributed by atoms with Crippen molar-refractivity contribution in [3.63, 3.8) is 0 Å². The Balaban J connectivity index is 1.66. The van der Waals surface area contributed by atoms with Crippen LogP contribution in [0, 0.1) is 13.8 Å². The highest BCUT2D eigenvalue weighted by molar-refractivity contribution is 6.31. The van der Waals surface area contributed by atoms with Crippen LogP contribution in [-0.2, 0) is 12.7 Å². The van der Waals surface area contributed by atoms with Gasteiger partial charge in [0.2, 0.25) is 11.2 Å². The second kappa shape index (κ2) is 12.2. The van der Waals surface area contributed by atoms with Crippen molar-refractivity contribution in [2.75, 3.05) is 13.1 Å². The first-order valence-corrected chi connectivity index (χ1v) is 14.0. The van der Waals surface area contributed by atoms with E-state index in [1.165, 1.54) is 30.3 Å². The Morgan fingerprint density at radius 2 is 1.67 bits per heavy atom. The average Bonchev–Trinajstić information content (AvgIpc) is 3.22. The molecule has 220 valence electrons. The van der Waals surface area contributed by atoms with Crippen LogP contribution in [0.5, 0.6) is 17.2 Å². The smallest absolute Gasteiger partial charge is 0.449 e. The molecule has 3 aromatic carbocycles. The summed E-state index contributed by atoms with van der Waals surface area (Å²) in [5, 5.41) is 0.276. The normalized spacial score (nSPS) is 14.5. The molecule has 0 bridgehead atoms. The minimum absolute atomic E-state index is 0.00230. The third-order valence-electron chi connectivity index (χ3n) is 7.26. The van der Waals surface area contributed by atoms with Crippen molar-refractivity contribution < 1.29 is 31.9 Å². The average molecular weight is 600 g/mol. The quantitative estimate of drug-likeness (QED) is 0.164. The van der Waals surface area contributed by atoms with Gasteiger partial charge in [0.1, 0.15) is 17.1 Å². The summed E-state index contributed by atoms with van der Waals surface area (Å²) in [4.78, 5) is 28.7. The number of carbonyl (C=O) groups is 1. The number of likely N-dealkylation sites (tertiary alicyclic amines) is 1. The maximum Gasteiger partial charge on any atom is 0.453 e. The van der Waals surface area contributed by atoms with Crippen LogP contribution in [-0.4, -0.2) is 24.0 Å². The van der Waals surface area contributed by atoms with Crippen LogP contribution in [0.2, 0.25) is 5.02 Å². The highest BCUT2D eigenvalue weighted by atomic mass is 35.5. The summed E-state index contributed by atoms with van der Waals surface area (Å²) in [6.45, 7) is 5.08. The standard InChI is InChI=1S/C32H29ClF3NO5/c1-19-7-9-21(10-8-19)31(39)41-26-14-12-23-27(38)29(40-22-11-13-25(33)20(2)17-22)30(32(34,35)36)42-28(23)24(26)18-37-15-5-3-4-6-16-37/h7-14,17H,3-6,15-16,18H2,1-2H3. The number of aryl methyl sites for hydroxylation is 2. The van der Waals surface area contributed by atoms with Gasteiger partial charge >= 0.3 is 12.1 Å². The maximum absolute atomic E-state index is 14.4. The Labute approximate surface area is 245 Å². The molecule has 0 aliphatic carbocycles. The van der Waals surface area contributed by atoms with Crippen LogP contribution in [0.15, 0.2) is 63.8 Å². The monoisotopic (exact) mass is 599 g/mol. The Kier molecular flexibility index (Phi) is 8.61. The lowest BCUT2D eigenvalue weighted by Crippen LogP contribution is -2.25. The Bertz CT molecular complexity index is 1670. The zero-order chi connectivity index (χ0) is 30.0. The van der Waals surface area contributed by atoms with Gasteiger partial charge in [-0.25, -0.2) is 4.79 Å². The summed E-state index contributed by atoms with van der Waals surface area (Å²) < 4.78 is 59.9. The van der Waals surface area contributed by atoms with Crippen molar-refractivity contribution in [2.45, 2.75) is 52.3 Å². The van der Waals surface area contributed by atoms with E-state index in [0.717, 1.165) is 31.2 Å². The van der Waals surface area contributed by atoms with Crippen molar-refractivity contribution in [3.8, 4) is 17.2 Å². The van der Waals surface area contributed by atoms with Crippen LogP contribution in [0.1, 0.15) is 58.5 Å². The number of alkyl halides is 3. The minimum atomic E-state index is -5.06. The predicted octanol–water partition coefficient (Wildman–Crippen LogP) is 8.47. The molecule has 2 heterocycles. The van der Waals surface area contributed by atoms with Gasteiger partial charge in [0.05, 0.1) is 16.5 Å². The van der Waals surface area contributed by atoms with Crippen LogP contribution in [0.25, 0.3) is 11.0 Å². The summed E-state index contributed by atoms with van der Waals surface area (Å²) in [7, 11) is 0. The lowest BCUT2D eigenvalue weighted by atomic mass is 10.1. The number of hydrogen-bond acceptors (Lipinski definition) is 6. The molecular weight excluding hydrogens is 571 g/mol. The second-order valence-corrected chi connectivity index (χ2v) is 10.9. The number of rotatable bonds is 6. The summed E-state index contributed by atoms with van der Waals surface area (Å²) in [6, 6.07) is 13.7. The molecule has 1 aliphatic rings. The van der Waals surface area contributed by atoms with Crippen LogP contribution >= 0.6 is 11.6 Å². The lowest BCUT2D eigenvalue weighted by Gasteiger charge is -2.22. The van der Waals surface area contributed by atoms with E-state index >= 15 is 0 Å². The molecule has 5 rings (SSSR count). The molecule has 0 radical (unpaired) electrons. The fraction of sp³-hybridized carbons (Fsp3) is 0.312. The molecule has 0 atom stereocenters. The van der Waals surface area contributed by atoms with Gasteiger partial charge in [-0.05, 0) is 87.8 Å². The molecule has 1 aromatic heterocycles. The highest BCUT2D eigenvalue weighted by Gasteiger charge is 2.41. The van der Waals surface area contributed by atoms with E-state index in [4.69, 9.17) is 25.5 Å². The summed E-state index contributed by atoms with van der Waals surface area (Å²) in [5.41, 5.74) is 0.683. The van der Waals surface area contributed by atoms with E-state index in [9.17, 15) is 22.8 Å². The maximum atomic E-state index is 14.4. The lowest BCUT2D eigenvalue weighted by molar-refractivity contribution is -0.154. The summed E-state index contributed by atoms with van der Waals surface area (Å²) in [5.74, 6) is -3.21. The van der Waals surface area contributed by atoms with Gasteiger partial charge in [-0.1, -0.05) is 42.1 Å². The number of fused-ring (bicyclic) bond motifs is 1. The van der Waals surface area contributed by atoms with Crippen LogP contribution in [0.4, 0.5) is 13.2 Å². The molecular formula is C32H29ClF3NO5. The second-order valence-electron chi connectivity index (χ2n) is 10.5. The number of nitrogens with zero attached hydrogens (tertiary/aromatic N) is 1. The number of ether oxygens (including phenoxy) is 2. The van der Waals surface area contributed by atoms with E-state index in [0.29, 0.717) is 23.7 Å². The Morgan fingerprint density at radius 3 is 2.31 bits per heavy atom. The third kappa shape index (κ3) is 6.47. The van der Waals surface area contributed by atoms with Gasteiger partial charge in [-0.15, -0.1) is 0 Å². The molecule has 1 aliphatic heterocycles. The molecule has 42 heavy (non-hydrogen) atoms. The highest BCUT2D eigenvalue weighted by Crippen LogP contribution is 2.41. The topological polar surface area (TPSA) is 69.0 Å². The number of halogens is 4. The zero-order valence-corrected chi connectivity index (χ0v) is 23.9. The number of esters is 1. The molecule has 1 saturated heterocycles. The number of hydrogen-bond donors (Lipinski definition) is 0. The molecule has 0 amide bonds. The fourth-order valence-electron chi connectivity index (χ4n) is 4.97. The van der Waals surface area contributed by atoms with Crippen molar-refractivity contribution in [1.29, 1.82) is 0 Å². The first-order chi connectivity index (χ1) is 20.0. The third-order valence-corrected chi connectivity index (χ3v) is 7.68. The van der Waals surface area contributed by atoms with Crippen LogP contribution < -0.4 is 14.9 Å². The van der Waals surface area contributed by atoms with E-state index < -0.39 is 29.1 Å². The van der Waals surface area contributed by atoms with Crippen molar-refractivity contribution >= 4 is 28.5 Å². The Hall–Kier alpha value is -3.82. The zero-order valence-electron chi connectivity index (χ0n) is 23.1. The first-order valence-electron chi connectivity index (χ1n) is 13.7. The number of benzene rings is 3. The SMILES string of the molecule is Cc1ccc(C(=O)Oc2ccc3c(=O)c(Oc4ccc(Cl)c(C)c4)c(C(F)(F)F)oc3c2CN2CCCCCC2)cc1. The number of carbonyl (C=O) groups excluding carboxylic acids is 1. The van der Waals surface area contributed by atoms with E-state index in [1.54, 1.807) is 31.2 Å². The molecule has 10 heteroatoms. The predicted molar refractivity (Wildman–Crippen MR) is 154 cm³/mol.